The van der Waals surface area contributed by atoms with E-state index in [0.717, 1.165) is 0 Å². The van der Waals surface area contributed by atoms with Crippen molar-refractivity contribution in [3.63, 3.8) is 0 Å². The third kappa shape index (κ3) is 1.37. The van der Waals surface area contributed by atoms with Crippen molar-refractivity contribution >= 4 is 23.4 Å². The van der Waals surface area contributed by atoms with E-state index in [4.69, 9.17) is 11.6 Å². The van der Waals surface area contributed by atoms with Crippen LogP contribution in [0, 0.1) is 0 Å². The molecule has 0 saturated carbocycles. The average Bonchev–Trinajstić information content (AvgIpc) is 1.94. The lowest BCUT2D eigenvalue weighted by Crippen LogP contribution is -1.76. The predicted molar refractivity (Wildman–Crippen MR) is 34.8 cm³/mol. The van der Waals surface area contributed by atoms with Crippen molar-refractivity contribution in [2.24, 2.45) is 4.99 Å². The summed E-state index contributed by atoms with van der Waals surface area (Å²) in [5.41, 5.74) is 0.235. The van der Waals surface area contributed by atoms with Gasteiger partial charge in [-0.2, -0.15) is 4.99 Å². The molecule has 0 aliphatic rings. The van der Waals surface area contributed by atoms with Crippen LogP contribution in [0.3, 0.4) is 0 Å². The molecule has 50 valence electrons. The highest BCUT2D eigenvalue weighted by atomic mass is 35.5. The van der Waals surface area contributed by atoms with Crippen molar-refractivity contribution in [2.75, 3.05) is 0 Å². The van der Waals surface area contributed by atoms with Crippen molar-refractivity contribution in [3.8, 4) is 0 Å². The Bertz CT molecular complexity index is 282. The number of aliphatic imine (C=N–C) groups is 1. The van der Waals surface area contributed by atoms with Gasteiger partial charge in [-0.25, -0.2) is 14.8 Å². The summed E-state index contributed by atoms with van der Waals surface area (Å²) in [6.45, 7) is 0. The number of halogens is 1. The van der Waals surface area contributed by atoms with Crippen LogP contribution in [0.5, 0.6) is 0 Å². The highest BCUT2D eigenvalue weighted by molar-refractivity contribution is 6.31. The second kappa shape index (κ2) is 3.06. The third-order valence-corrected chi connectivity index (χ3v) is 1.10. The molecule has 5 heteroatoms. The Balaban J connectivity index is 3.14. The maximum absolute atomic E-state index is 9.72. The fourth-order valence-electron chi connectivity index (χ4n) is 0.432. The third-order valence-electron chi connectivity index (χ3n) is 0.812. The highest BCUT2D eigenvalue weighted by Crippen LogP contribution is 2.18. The lowest BCUT2D eigenvalue weighted by Gasteiger charge is -1.88. The largest absolute Gasteiger partial charge is 0.242 e. The summed E-state index contributed by atoms with van der Waals surface area (Å²) < 4.78 is 0. The quantitative estimate of drug-likeness (QED) is 0.347. The van der Waals surface area contributed by atoms with Gasteiger partial charge in [0.05, 0.1) is 6.20 Å². The first-order valence-corrected chi connectivity index (χ1v) is 2.76. The van der Waals surface area contributed by atoms with Crippen LogP contribution in [0.25, 0.3) is 0 Å². The Labute approximate surface area is 61.6 Å². The van der Waals surface area contributed by atoms with Crippen molar-refractivity contribution in [1.29, 1.82) is 0 Å². The number of hydrogen-bond acceptors (Lipinski definition) is 4. The van der Waals surface area contributed by atoms with Crippen molar-refractivity contribution in [3.05, 3.63) is 17.7 Å². The monoisotopic (exact) mass is 155 g/mol. The molecule has 1 aromatic heterocycles. The summed E-state index contributed by atoms with van der Waals surface area (Å²) >= 11 is 5.48. The Morgan fingerprint density at radius 2 is 2.50 bits per heavy atom. The molecule has 1 heterocycles. The van der Waals surface area contributed by atoms with E-state index in [9.17, 15) is 4.79 Å². The van der Waals surface area contributed by atoms with Crippen LogP contribution >= 0.6 is 11.6 Å². The summed E-state index contributed by atoms with van der Waals surface area (Å²) in [6.07, 6.45) is 3.94. The van der Waals surface area contributed by atoms with E-state index < -0.39 is 0 Å². The molecular formula is C5H2ClN3O. The van der Waals surface area contributed by atoms with Gasteiger partial charge in [-0.05, 0) is 0 Å². The molecule has 0 saturated heterocycles. The smallest absolute Gasteiger partial charge is 0.240 e. The minimum absolute atomic E-state index is 0.151. The van der Waals surface area contributed by atoms with Crippen LogP contribution in [0.4, 0.5) is 5.69 Å². The molecule has 1 rings (SSSR count). The molecule has 1 aromatic rings. The fraction of sp³-hybridized carbons (Fsp3) is 0. The zero-order chi connectivity index (χ0) is 7.40. The second-order valence-electron chi connectivity index (χ2n) is 1.40. The van der Waals surface area contributed by atoms with Crippen LogP contribution in [-0.4, -0.2) is 16.0 Å². The van der Waals surface area contributed by atoms with Crippen LogP contribution in [0.2, 0.25) is 5.15 Å². The molecule has 0 atom stereocenters. The molecule has 0 aromatic carbocycles. The van der Waals surface area contributed by atoms with Crippen LogP contribution in [-0.2, 0) is 4.79 Å². The first kappa shape index (κ1) is 6.86. The molecule has 10 heavy (non-hydrogen) atoms. The number of carbonyl (C=O) groups excluding carboxylic acids is 1. The van der Waals surface area contributed by atoms with Crippen LogP contribution in [0.15, 0.2) is 17.5 Å². The number of isocyanates is 1. The summed E-state index contributed by atoms with van der Waals surface area (Å²) in [6, 6.07) is 0. The zero-order valence-electron chi connectivity index (χ0n) is 4.78. The fourth-order valence-corrected chi connectivity index (χ4v) is 0.566. The van der Waals surface area contributed by atoms with Crippen molar-refractivity contribution in [2.45, 2.75) is 0 Å². The van der Waals surface area contributed by atoms with Gasteiger partial charge in [0.15, 0.2) is 5.15 Å². The molecule has 0 fully saturated rings. The molecule has 0 aliphatic heterocycles. The number of rotatable bonds is 1. The summed E-state index contributed by atoms with van der Waals surface area (Å²) in [5.74, 6) is 0. The highest BCUT2D eigenvalue weighted by Gasteiger charge is 1.95. The summed E-state index contributed by atoms with van der Waals surface area (Å²) in [5, 5.41) is 0.151. The van der Waals surface area contributed by atoms with Gasteiger partial charge in [0.1, 0.15) is 12.0 Å². The first-order chi connectivity index (χ1) is 4.84. The van der Waals surface area contributed by atoms with E-state index in [1.807, 2.05) is 0 Å². The standard InChI is InChI=1S/C5H2ClN3O/c6-5-4(9-3-10)1-7-2-8-5/h1-2H. The molecule has 0 aliphatic carbocycles. The molecule has 0 bridgehead atoms. The van der Waals surface area contributed by atoms with E-state index >= 15 is 0 Å². The molecule has 0 unspecified atom stereocenters. The van der Waals surface area contributed by atoms with Gasteiger partial charge in [-0.3, -0.25) is 0 Å². The Hall–Kier alpha value is -1.25. The second-order valence-corrected chi connectivity index (χ2v) is 1.76. The zero-order valence-corrected chi connectivity index (χ0v) is 5.54. The molecule has 0 radical (unpaired) electrons. The van der Waals surface area contributed by atoms with Gasteiger partial charge in [0.25, 0.3) is 0 Å². The summed E-state index contributed by atoms with van der Waals surface area (Å²) in [4.78, 5) is 20.1. The molecule has 0 N–H and O–H groups in total. The SMILES string of the molecule is O=C=Nc1cncnc1Cl. The minimum atomic E-state index is 0.151. The van der Waals surface area contributed by atoms with Gasteiger partial charge < -0.3 is 0 Å². The van der Waals surface area contributed by atoms with E-state index in [-0.39, 0.29) is 10.8 Å². The lowest BCUT2D eigenvalue weighted by atomic mass is 10.6. The normalized spacial score (nSPS) is 8.50. The minimum Gasteiger partial charge on any atom is -0.242 e. The van der Waals surface area contributed by atoms with Crippen molar-refractivity contribution in [1.82, 2.24) is 9.97 Å². The first-order valence-electron chi connectivity index (χ1n) is 2.38. The van der Waals surface area contributed by atoms with Gasteiger partial charge in [-0.15, -0.1) is 0 Å². The Kier molecular flexibility index (Phi) is 2.10. The Morgan fingerprint density at radius 3 is 3.10 bits per heavy atom. The van der Waals surface area contributed by atoms with Gasteiger partial charge in [0, 0.05) is 0 Å². The van der Waals surface area contributed by atoms with Gasteiger partial charge in [-0.1, -0.05) is 11.6 Å². The maximum atomic E-state index is 9.72. The van der Waals surface area contributed by atoms with Gasteiger partial charge >= 0.3 is 0 Å². The Morgan fingerprint density at radius 1 is 1.70 bits per heavy atom. The molecule has 0 spiro atoms. The maximum Gasteiger partial charge on any atom is 0.240 e. The van der Waals surface area contributed by atoms with E-state index in [0.29, 0.717) is 0 Å². The molecular weight excluding hydrogens is 154 g/mol. The number of hydrogen-bond donors (Lipinski definition) is 0. The predicted octanol–water partition coefficient (Wildman–Crippen LogP) is 1.10. The van der Waals surface area contributed by atoms with E-state index in [2.05, 4.69) is 15.0 Å². The topological polar surface area (TPSA) is 55.2 Å². The van der Waals surface area contributed by atoms with E-state index in [1.54, 1.807) is 0 Å². The molecule has 0 amide bonds. The van der Waals surface area contributed by atoms with Crippen LogP contribution < -0.4 is 0 Å². The van der Waals surface area contributed by atoms with E-state index in [1.165, 1.54) is 18.6 Å². The number of nitrogens with zero attached hydrogens (tertiary/aromatic N) is 3. The van der Waals surface area contributed by atoms with Crippen LogP contribution in [0.1, 0.15) is 0 Å². The average molecular weight is 156 g/mol. The van der Waals surface area contributed by atoms with Gasteiger partial charge in [0.2, 0.25) is 6.08 Å². The molecule has 4 nitrogen and oxygen atoms in total. The summed E-state index contributed by atoms with van der Waals surface area (Å²) in [7, 11) is 0. The number of aromatic nitrogens is 2. The van der Waals surface area contributed by atoms with Crippen molar-refractivity contribution < 1.29 is 4.79 Å². The lowest BCUT2D eigenvalue weighted by molar-refractivity contribution is 0.565.